The number of methoxy groups -OCH3 is 1. The number of nitrogens with one attached hydrogen (secondary N) is 1. The van der Waals surface area contributed by atoms with Gasteiger partial charge in [0.15, 0.2) is 0 Å². The van der Waals surface area contributed by atoms with Gasteiger partial charge in [0.25, 0.3) is 0 Å². The molecule has 2 fully saturated rings. The van der Waals surface area contributed by atoms with E-state index < -0.39 is 11.4 Å². The van der Waals surface area contributed by atoms with Gasteiger partial charge in [0, 0.05) is 24.7 Å². The SMILES string of the molecule is COc1ccccc1CC(=O)N1CCC(NC(=O)C2(C(=O)O)CCC2)CC1. The van der Waals surface area contributed by atoms with E-state index in [1.165, 1.54) is 0 Å². The molecule has 0 atom stereocenters. The van der Waals surface area contributed by atoms with Gasteiger partial charge in [-0.05, 0) is 31.7 Å². The first-order valence-electron chi connectivity index (χ1n) is 9.40. The highest BCUT2D eigenvalue weighted by Crippen LogP contribution is 2.41. The second kappa shape index (κ2) is 7.98. The Kier molecular flexibility index (Phi) is 5.68. The van der Waals surface area contributed by atoms with Crippen LogP contribution < -0.4 is 10.1 Å². The van der Waals surface area contributed by atoms with Crippen molar-refractivity contribution in [2.75, 3.05) is 20.2 Å². The predicted molar refractivity (Wildman–Crippen MR) is 98.4 cm³/mol. The lowest BCUT2D eigenvalue weighted by Crippen LogP contribution is -2.55. The summed E-state index contributed by atoms with van der Waals surface area (Å²) in [5, 5.41) is 12.3. The molecule has 0 bridgehead atoms. The summed E-state index contributed by atoms with van der Waals surface area (Å²) < 4.78 is 5.30. The summed E-state index contributed by atoms with van der Waals surface area (Å²) in [4.78, 5) is 38.2. The van der Waals surface area contributed by atoms with Gasteiger partial charge in [0.1, 0.15) is 11.2 Å². The molecule has 1 saturated carbocycles. The minimum Gasteiger partial charge on any atom is -0.496 e. The molecule has 1 saturated heterocycles. The molecule has 0 spiro atoms. The number of benzene rings is 1. The largest absolute Gasteiger partial charge is 0.496 e. The number of carbonyl (C=O) groups is 3. The first kappa shape index (κ1) is 19.2. The standard InChI is InChI=1S/C20H26N2O5/c1-27-16-6-3-2-5-14(16)13-17(23)22-11-7-15(8-12-22)21-18(24)20(19(25)26)9-4-10-20/h2-3,5-6,15H,4,7-13H2,1H3,(H,21,24)(H,25,26). The van der Waals surface area contributed by atoms with Crippen molar-refractivity contribution >= 4 is 17.8 Å². The smallest absolute Gasteiger partial charge is 0.319 e. The second-order valence-electron chi connectivity index (χ2n) is 7.36. The minimum atomic E-state index is -1.24. The van der Waals surface area contributed by atoms with Gasteiger partial charge in [0.05, 0.1) is 13.5 Å². The number of nitrogens with zero attached hydrogens (tertiary/aromatic N) is 1. The van der Waals surface area contributed by atoms with Gasteiger partial charge in [-0.3, -0.25) is 14.4 Å². The first-order valence-corrected chi connectivity index (χ1v) is 9.40. The lowest BCUT2D eigenvalue weighted by atomic mass is 9.68. The Morgan fingerprint density at radius 1 is 1.22 bits per heavy atom. The average Bonchev–Trinajstić information content (AvgIpc) is 2.61. The van der Waals surface area contributed by atoms with Gasteiger partial charge in [-0.25, -0.2) is 0 Å². The molecule has 2 N–H and O–H groups in total. The van der Waals surface area contributed by atoms with Gasteiger partial charge >= 0.3 is 5.97 Å². The van der Waals surface area contributed by atoms with Crippen LogP contribution in [0, 0.1) is 5.41 Å². The van der Waals surface area contributed by atoms with E-state index in [9.17, 15) is 19.5 Å². The molecular weight excluding hydrogens is 348 g/mol. The number of likely N-dealkylation sites (tertiary alicyclic amines) is 1. The highest BCUT2D eigenvalue weighted by Gasteiger charge is 2.51. The lowest BCUT2D eigenvalue weighted by molar-refractivity contribution is -0.162. The quantitative estimate of drug-likeness (QED) is 0.738. The van der Waals surface area contributed by atoms with E-state index in [-0.39, 0.29) is 24.3 Å². The van der Waals surface area contributed by atoms with Crippen LogP contribution in [-0.2, 0) is 20.8 Å². The third-order valence-electron chi connectivity index (χ3n) is 5.77. The van der Waals surface area contributed by atoms with Crippen LogP contribution in [0.2, 0.25) is 0 Å². The normalized spacial score (nSPS) is 19.1. The summed E-state index contributed by atoms with van der Waals surface area (Å²) in [7, 11) is 1.59. The van der Waals surface area contributed by atoms with Crippen molar-refractivity contribution in [1.29, 1.82) is 0 Å². The van der Waals surface area contributed by atoms with Gasteiger partial charge in [-0.15, -0.1) is 0 Å². The summed E-state index contributed by atoms with van der Waals surface area (Å²) in [5.41, 5.74) is -0.384. The van der Waals surface area contributed by atoms with Gasteiger partial charge < -0.3 is 20.1 Å². The fraction of sp³-hybridized carbons (Fsp3) is 0.550. The van der Waals surface area contributed by atoms with Gasteiger partial charge in [-0.1, -0.05) is 24.6 Å². The Bertz CT molecular complexity index is 721. The van der Waals surface area contributed by atoms with Crippen molar-refractivity contribution in [2.24, 2.45) is 5.41 Å². The number of rotatable bonds is 6. The van der Waals surface area contributed by atoms with E-state index in [0.717, 1.165) is 12.0 Å². The molecule has 0 radical (unpaired) electrons. The summed E-state index contributed by atoms with van der Waals surface area (Å²) in [6.45, 7) is 1.11. The summed E-state index contributed by atoms with van der Waals surface area (Å²) >= 11 is 0. The number of ether oxygens (including phenoxy) is 1. The molecule has 2 amide bonds. The number of carbonyl (C=O) groups excluding carboxylic acids is 2. The zero-order valence-corrected chi connectivity index (χ0v) is 15.6. The Balaban J connectivity index is 1.50. The first-order chi connectivity index (χ1) is 13.0. The third-order valence-corrected chi connectivity index (χ3v) is 5.77. The van der Waals surface area contributed by atoms with Crippen molar-refractivity contribution in [2.45, 2.75) is 44.6 Å². The molecule has 1 aliphatic heterocycles. The van der Waals surface area contributed by atoms with E-state index in [4.69, 9.17) is 4.74 Å². The predicted octanol–water partition coefficient (Wildman–Crippen LogP) is 1.60. The Labute approximate surface area is 158 Å². The number of piperidine rings is 1. The van der Waals surface area contributed by atoms with E-state index in [1.807, 2.05) is 24.3 Å². The van der Waals surface area contributed by atoms with Crippen LogP contribution in [0.4, 0.5) is 0 Å². The molecule has 0 aromatic heterocycles. The fourth-order valence-electron chi connectivity index (χ4n) is 3.79. The molecule has 7 heteroatoms. The molecule has 3 rings (SSSR count). The zero-order valence-electron chi connectivity index (χ0n) is 15.6. The lowest BCUT2D eigenvalue weighted by Gasteiger charge is -2.39. The molecule has 0 unspecified atom stereocenters. The molecular formula is C20H26N2O5. The number of aliphatic carboxylic acids is 1. The maximum atomic E-state index is 12.6. The maximum Gasteiger partial charge on any atom is 0.319 e. The van der Waals surface area contributed by atoms with E-state index in [0.29, 0.717) is 44.5 Å². The molecule has 146 valence electrons. The van der Waals surface area contributed by atoms with Crippen molar-refractivity contribution < 1.29 is 24.2 Å². The van der Waals surface area contributed by atoms with Crippen molar-refractivity contribution in [1.82, 2.24) is 10.2 Å². The Hall–Kier alpha value is -2.57. The fourth-order valence-corrected chi connectivity index (χ4v) is 3.79. The minimum absolute atomic E-state index is 0.0327. The monoisotopic (exact) mass is 374 g/mol. The van der Waals surface area contributed by atoms with Gasteiger partial charge in [-0.2, -0.15) is 0 Å². The molecule has 1 aromatic rings. The highest BCUT2D eigenvalue weighted by atomic mass is 16.5. The van der Waals surface area contributed by atoms with Crippen LogP contribution in [0.1, 0.15) is 37.7 Å². The van der Waals surface area contributed by atoms with Crippen LogP contribution in [0.5, 0.6) is 5.75 Å². The third kappa shape index (κ3) is 3.91. The van der Waals surface area contributed by atoms with E-state index in [1.54, 1.807) is 12.0 Å². The second-order valence-corrected chi connectivity index (χ2v) is 7.36. The van der Waals surface area contributed by atoms with Crippen LogP contribution in [0.25, 0.3) is 0 Å². The van der Waals surface area contributed by atoms with Crippen LogP contribution in [0.15, 0.2) is 24.3 Å². The number of carboxylic acids is 1. The molecule has 27 heavy (non-hydrogen) atoms. The maximum absolute atomic E-state index is 12.6. The molecule has 1 heterocycles. The summed E-state index contributed by atoms with van der Waals surface area (Å²) in [5.74, 6) is -0.673. The molecule has 1 aromatic carbocycles. The number of carboxylic acid groups (broad SMARTS) is 1. The van der Waals surface area contributed by atoms with E-state index >= 15 is 0 Å². The Morgan fingerprint density at radius 2 is 1.89 bits per heavy atom. The van der Waals surface area contributed by atoms with Crippen molar-refractivity contribution in [3.63, 3.8) is 0 Å². The van der Waals surface area contributed by atoms with Crippen molar-refractivity contribution in [3.05, 3.63) is 29.8 Å². The zero-order chi connectivity index (χ0) is 19.4. The van der Waals surface area contributed by atoms with Crippen molar-refractivity contribution in [3.8, 4) is 5.75 Å². The highest BCUT2D eigenvalue weighted by molar-refractivity contribution is 6.02. The topological polar surface area (TPSA) is 95.9 Å². The number of para-hydroxylation sites is 1. The van der Waals surface area contributed by atoms with Gasteiger partial charge in [0.2, 0.25) is 11.8 Å². The van der Waals surface area contributed by atoms with Crippen LogP contribution in [0.3, 0.4) is 0 Å². The van der Waals surface area contributed by atoms with E-state index in [2.05, 4.69) is 5.32 Å². The summed E-state index contributed by atoms with van der Waals surface area (Å²) in [6, 6.07) is 7.39. The molecule has 1 aliphatic carbocycles. The molecule has 7 nitrogen and oxygen atoms in total. The number of amides is 2. The Morgan fingerprint density at radius 3 is 2.44 bits per heavy atom. The number of hydrogen-bond acceptors (Lipinski definition) is 4. The van der Waals surface area contributed by atoms with Crippen LogP contribution >= 0.6 is 0 Å². The molecule has 2 aliphatic rings. The summed E-state index contributed by atoms with van der Waals surface area (Å²) in [6.07, 6.45) is 3.14. The number of hydrogen-bond donors (Lipinski definition) is 2. The van der Waals surface area contributed by atoms with Crippen LogP contribution in [-0.4, -0.2) is 54.0 Å². The average molecular weight is 374 g/mol.